The molecular weight excluding hydrogens is 392 g/mol. The molecule has 8 nitrogen and oxygen atoms in total. The molecule has 1 aromatic rings. The first kappa shape index (κ1) is 22.0. The van der Waals surface area contributed by atoms with E-state index in [1.807, 2.05) is 4.90 Å². The number of anilines is 1. The molecule has 2 aliphatic heterocycles. The van der Waals surface area contributed by atoms with Gasteiger partial charge in [0.05, 0.1) is 23.7 Å². The first-order chi connectivity index (χ1) is 13.8. The van der Waals surface area contributed by atoms with E-state index in [2.05, 4.69) is 17.1 Å². The lowest BCUT2D eigenvalue weighted by molar-refractivity contribution is 0.0948. The highest BCUT2D eigenvalue weighted by Crippen LogP contribution is 2.25. The van der Waals surface area contributed by atoms with Crippen LogP contribution < -0.4 is 15.4 Å². The molecule has 2 aliphatic rings. The van der Waals surface area contributed by atoms with Crippen LogP contribution in [0.5, 0.6) is 0 Å². The quantitative estimate of drug-likeness (QED) is 0.634. The number of likely N-dealkylation sites (tertiary alicyclic amines) is 1. The molecule has 162 valence electrons. The van der Waals surface area contributed by atoms with E-state index in [0.29, 0.717) is 44.1 Å². The van der Waals surface area contributed by atoms with Gasteiger partial charge in [-0.25, -0.2) is 13.6 Å². The summed E-state index contributed by atoms with van der Waals surface area (Å²) in [6, 6.07) is 4.49. The molecule has 0 aromatic heterocycles. The molecule has 0 bridgehead atoms. The van der Waals surface area contributed by atoms with Crippen LogP contribution in [0.25, 0.3) is 0 Å². The van der Waals surface area contributed by atoms with Crippen molar-refractivity contribution in [2.24, 2.45) is 11.1 Å². The van der Waals surface area contributed by atoms with Crippen molar-refractivity contribution in [1.29, 1.82) is 0 Å². The highest BCUT2D eigenvalue weighted by Gasteiger charge is 2.22. The van der Waals surface area contributed by atoms with Crippen molar-refractivity contribution in [2.75, 3.05) is 57.4 Å². The van der Waals surface area contributed by atoms with Crippen molar-refractivity contribution < 1.29 is 17.9 Å². The lowest BCUT2D eigenvalue weighted by Crippen LogP contribution is -2.38. The van der Waals surface area contributed by atoms with E-state index in [1.165, 1.54) is 25.0 Å². The van der Waals surface area contributed by atoms with Crippen molar-refractivity contribution in [3.8, 4) is 0 Å². The molecule has 1 unspecified atom stereocenters. The number of hydrogen-bond acceptors (Lipinski definition) is 6. The highest BCUT2D eigenvalue weighted by molar-refractivity contribution is 7.89. The summed E-state index contributed by atoms with van der Waals surface area (Å²) in [6.07, 6.45) is 3.38. The van der Waals surface area contributed by atoms with Crippen molar-refractivity contribution in [3.05, 3.63) is 23.8 Å². The third kappa shape index (κ3) is 6.15. The number of nitrogens with one attached hydrogen (secondary N) is 1. The van der Waals surface area contributed by atoms with E-state index in [4.69, 9.17) is 9.88 Å². The Hall–Kier alpha value is -1.68. The summed E-state index contributed by atoms with van der Waals surface area (Å²) in [6.45, 7) is 8.48. The van der Waals surface area contributed by atoms with Crippen LogP contribution >= 0.6 is 0 Å². The van der Waals surface area contributed by atoms with Gasteiger partial charge in [0.2, 0.25) is 10.0 Å². The predicted octanol–water partition coefficient (Wildman–Crippen LogP) is 1.02. The predicted molar refractivity (Wildman–Crippen MR) is 113 cm³/mol. The number of ether oxygens (including phenoxy) is 1. The Morgan fingerprint density at radius 1 is 1.28 bits per heavy atom. The number of nitrogens with two attached hydrogens (primary N) is 1. The number of piperidine rings is 1. The van der Waals surface area contributed by atoms with Crippen molar-refractivity contribution in [3.63, 3.8) is 0 Å². The Bertz CT molecular complexity index is 809. The minimum absolute atomic E-state index is 0.0537. The van der Waals surface area contributed by atoms with E-state index in [-0.39, 0.29) is 10.8 Å². The first-order valence-electron chi connectivity index (χ1n) is 10.3. The zero-order chi connectivity index (χ0) is 20.9. The Balaban J connectivity index is 1.65. The van der Waals surface area contributed by atoms with E-state index < -0.39 is 10.0 Å². The number of carbonyl (C=O) groups excluding carboxylic acids is 1. The van der Waals surface area contributed by atoms with Gasteiger partial charge in [0.15, 0.2) is 0 Å². The van der Waals surface area contributed by atoms with Gasteiger partial charge in [0.25, 0.3) is 5.91 Å². The van der Waals surface area contributed by atoms with E-state index >= 15 is 0 Å². The Labute approximate surface area is 173 Å². The summed E-state index contributed by atoms with van der Waals surface area (Å²) in [5, 5.41) is 8.22. The molecule has 0 radical (unpaired) electrons. The molecule has 0 saturated carbocycles. The van der Waals surface area contributed by atoms with Gasteiger partial charge < -0.3 is 19.9 Å². The molecule has 1 atom stereocenters. The number of carbonyl (C=O) groups is 1. The van der Waals surface area contributed by atoms with Gasteiger partial charge in [0, 0.05) is 31.9 Å². The lowest BCUT2D eigenvalue weighted by atomic mass is 10.0. The third-order valence-corrected chi connectivity index (χ3v) is 6.48. The fourth-order valence-electron chi connectivity index (χ4n) is 4.04. The summed E-state index contributed by atoms with van der Waals surface area (Å²) in [4.78, 5) is 17.3. The van der Waals surface area contributed by atoms with E-state index in [0.717, 1.165) is 32.0 Å². The number of benzene rings is 1. The van der Waals surface area contributed by atoms with Gasteiger partial charge in [0.1, 0.15) is 0 Å². The molecule has 2 heterocycles. The van der Waals surface area contributed by atoms with Crippen LogP contribution in [0, 0.1) is 5.92 Å². The van der Waals surface area contributed by atoms with Crippen LogP contribution in [0.3, 0.4) is 0 Å². The van der Waals surface area contributed by atoms with Crippen molar-refractivity contribution in [1.82, 2.24) is 10.2 Å². The van der Waals surface area contributed by atoms with E-state index in [9.17, 15) is 13.2 Å². The largest absolute Gasteiger partial charge is 0.378 e. The molecule has 1 aromatic carbocycles. The van der Waals surface area contributed by atoms with Crippen molar-refractivity contribution in [2.45, 2.75) is 31.1 Å². The van der Waals surface area contributed by atoms with Gasteiger partial charge in [-0.05, 0) is 56.5 Å². The molecule has 1 amide bonds. The molecule has 2 fully saturated rings. The van der Waals surface area contributed by atoms with Gasteiger partial charge in [-0.3, -0.25) is 4.79 Å². The second-order valence-corrected chi connectivity index (χ2v) is 9.54. The highest BCUT2D eigenvalue weighted by atomic mass is 32.2. The Kier molecular flexibility index (Phi) is 7.50. The van der Waals surface area contributed by atoms with Crippen LogP contribution in [0.1, 0.15) is 36.5 Å². The second kappa shape index (κ2) is 9.88. The summed E-state index contributed by atoms with van der Waals surface area (Å²) >= 11 is 0. The number of hydrogen-bond donors (Lipinski definition) is 2. The summed E-state index contributed by atoms with van der Waals surface area (Å²) < 4.78 is 28.9. The summed E-state index contributed by atoms with van der Waals surface area (Å²) in [5.74, 6) is 0.458. The maximum atomic E-state index is 12.9. The molecule has 0 aliphatic carbocycles. The number of rotatable bonds is 7. The van der Waals surface area contributed by atoms with Gasteiger partial charge in [-0.2, -0.15) is 0 Å². The maximum Gasteiger partial charge on any atom is 0.253 e. The zero-order valence-electron chi connectivity index (χ0n) is 17.1. The molecular formula is C20H32N4O4S. The number of amides is 1. The number of morpholine rings is 1. The molecule has 0 spiro atoms. The monoisotopic (exact) mass is 424 g/mol. The first-order valence-corrected chi connectivity index (χ1v) is 11.9. The minimum Gasteiger partial charge on any atom is -0.378 e. The molecule has 2 saturated heterocycles. The number of nitrogens with zero attached hydrogens (tertiary/aromatic N) is 2. The fraction of sp³-hybridized carbons (Fsp3) is 0.650. The van der Waals surface area contributed by atoms with Crippen LogP contribution in [0.4, 0.5) is 5.69 Å². The van der Waals surface area contributed by atoms with Gasteiger partial charge in [-0.1, -0.05) is 6.92 Å². The summed E-state index contributed by atoms with van der Waals surface area (Å²) in [5.41, 5.74) is 1.05. The molecule has 29 heavy (non-hydrogen) atoms. The van der Waals surface area contributed by atoms with E-state index in [1.54, 1.807) is 6.07 Å². The average Bonchev–Trinajstić information content (AvgIpc) is 2.70. The molecule has 9 heteroatoms. The molecule has 3 rings (SSSR count). The van der Waals surface area contributed by atoms with Crippen LogP contribution in [0.15, 0.2) is 23.1 Å². The van der Waals surface area contributed by atoms with Crippen molar-refractivity contribution >= 4 is 21.6 Å². The minimum atomic E-state index is -3.88. The normalized spacial score (nSPS) is 21.2. The van der Waals surface area contributed by atoms with Crippen LogP contribution in [0.2, 0.25) is 0 Å². The second-order valence-electron chi connectivity index (χ2n) is 7.98. The molecule has 3 N–H and O–H groups in total. The zero-order valence-corrected chi connectivity index (χ0v) is 17.9. The third-order valence-electron chi connectivity index (χ3n) is 5.57. The van der Waals surface area contributed by atoms with Crippen LogP contribution in [-0.2, 0) is 14.8 Å². The fourth-order valence-corrected chi connectivity index (χ4v) is 4.58. The number of sulfonamides is 1. The Morgan fingerprint density at radius 2 is 2.03 bits per heavy atom. The maximum absolute atomic E-state index is 12.9. The van der Waals surface area contributed by atoms with Crippen LogP contribution in [-0.4, -0.2) is 71.7 Å². The van der Waals surface area contributed by atoms with Gasteiger partial charge >= 0.3 is 0 Å². The summed E-state index contributed by atoms with van der Waals surface area (Å²) in [7, 11) is -3.88. The standard InChI is InChI=1S/C20H32N4O4S/c1-16-4-2-8-23(15-16)9-3-7-22-20(25)18-14-17(29(21,26)27)5-6-19(18)24-10-12-28-13-11-24/h5-6,14,16H,2-4,7-13,15H2,1H3,(H,22,25)(H2,21,26,27). The Morgan fingerprint density at radius 3 is 2.72 bits per heavy atom. The topological polar surface area (TPSA) is 105 Å². The SMILES string of the molecule is CC1CCCN(CCCNC(=O)c2cc(S(N)(=O)=O)ccc2N2CCOCC2)C1. The lowest BCUT2D eigenvalue weighted by Gasteiger charge is -2.31. The average molecular weight is 425 g/mol. The number of primary sulfonamides is 1. The van der Waals surface area contributed by atoms with Gasteiger partial charge in [-0.15, -0.1) is 0 Å². The smallest absolute Gasteiger partial charge is 0.253 e.